The van der Waals surface area contributed by atoms with Crippen LogP contribution in [0, 0.1) is 18.3 Å². The minimum Gasteiger partial charge on any atom is -0.493 e. The van der Waals surface area contributed by atoms with Crippen LogP contribution in [0.3, 0.4) is 0 Å². The number of thioether (sulfide) groups is 1. The van der Waals surface area contributed by atoms with E-state index in [1.165, 1.54) is 30.2 Å². The van der Waals surface area contributed by atoms with Gasteiger partial charge in [0.15, 0.2) is 21.6 Å². The fourth-order valence-electron chi connectivity index (χ4n) is 5.07. The Morgan fingerprint density at radius 1 is 1.20 bits per heavy atom. The van der Waals surface area contributed by atoms with Crippen molar-refractivity contribution in [3.63, 3.8) is 0 Å². The minimum absolute atomic E-state index is 0.0387. The van der Waals surface area contributed by atoms with Crippen molar-refractivity contribution in [2.45, 2.75) is 36.4 Å². The number of ketones is 1. The van der Waals surface area contributed by atoms with Gasteiger partial charge in [-0.2, -0.15) is 5.26 Å². The average molecular weight is 589 g/mol. The number of amides is 1. The number of aryl methyl sites for hydroxylation is 1. The molecule has 0 spiro atoms. The van der Waals surface area contributed by atoms with E-state index in [4.69, 9.17) is 15.2 Å². The Morgan fingerprint density at radius 2 is 2.00 bits per heavy atom. The molecule has 1 aromatic heterocycles. The summed E-state index contributed by atoms with van der Waals surface area (Å²) in [5.41, 5.74) is 10.6. The topological polar surface area (TPSA) is 143 Å². The number of carbonyl (C=O) groups is 2. The van der Waals surface area contributed by atoms with E-state index in [1.54, 1.807) is 24.1 Å². The highest BCUT2D eigenvalue weighted by Crippen LogP contribution is 2.48. The normalized spacial score (nSPS) is 16.8. The Kier molecular flexibility index (Phi) is 8.28. The summed E-state index contributed by atoms with van der Waals surface area (Å²) >= 11 is 2.51. The number of allylic oxidation sites excluding steroid dienone is 3. The van der Waals surface area contributed by atoms with Crippen LogP contribution in [0.2, 0.25) is 0 Å². The second kappa shape index (κ2) is 12.0. The number of carbonyl (C=O) groups excluding carboxylic acids is 2. The number of ether oxygens (including phenoxy) is 2. The lowest BCUT2D eigenvalue weighted by atomic mass is 9.75. The summed E-state index contributed by atoms with van der Waals surface area (Å²) < 4.78 is 11.4. The highest BCUT2D eigenvalue weighted by Gasteiger charge is 2.41. The number of benzene rings is 2. The van der Waals surface area contributed by atoms with Gasteiger partial charge in [0.05, 0.1) is 37.5 Å². The van der Waals surface area contributed by atoms with Crippen molar-refractivity contribution in [1.29, 1.82) is 5.26 Å². The molecule has 41 heavy (non-hydrogen) atoms. The maximum Gasteiger partial charge on any atom is 0.234 e. The Bertz CT molecular complexity index is 1620. The molecule has 0 saturated heterocycles. The van der Waals surface area contributed by atoms with Gasteiger partial charge in [-0.3, -0.25) is 14.5 Å². The summed E-state index contributed by atoms with van der Waals surface area (Å²) in [5, 5.41) is 22.2. The van der Waals surface area contributed by atoms with Gasteiger partial charge < -0.3 is 20.5 Å². The first-order chi connectivity index (χ1) is 19.8. The standard InChI is InChI=1S/C29H28N6O4S2/c1-16-6-4-7-18(12-16)32-24(37)15-40-29-34-33-28(41-29)35-20-8-5-9-21(36)26(20)25(19(14-30)27(35)31)17-10-11-22(38-2)23(13-17)39-3/h4,6-7,10-13,25H,5,8-9,15,31H2,1-3H3,(H,32,37). The Labute approximate surface area is 245 Å². The van der Waals surface area contributed by atoms with Crippen molar-refractivity contribution in [1.82, 2.24) is 10.2 Å². The van der Waals surface area contributed by atoms with Crippen molar-refractivity contribution >= 4 is 45.6 Å². The number of nitrogens with two attached hydrogens (primary N) is 1. The molecule has 0 bridgehead atoms. The molecule has 3 N–H and O–H groups in total. The van der Waals surface area contributed by atoms with Gasteiger partial charge in [-0.25, -0.2) is 0 Å². The highest BCUT2D eigenvalue weighted by atomic mass is 32.2. The van der Waals surface area contributed by atoms with Crippen molar-refractivity contribution < 1.29 is 19.1 Å². The number of nitriles is 1. The summed E-state index contributed by atoms with van der Waals surface area (Å²) in [7, 11) is 3.08. The highest BCUT2D eigenvalue weighted by molar-refractivity contribution is 8.01. The fourth-order valence-corrected chi connectivity index (χ4v) is 6.75. The van der Waals surface area contributed by atoms with Gasteiger partial charge in [0.25, 0.3) is 0 Å². The number of anilines is 2. The van der Waals surface area contributed by atoms with Gasteiger partial charge in [-0.05, 0) is 55.2 Å². The zero-order valence-corrected chi connectivity index (χ0v) is 24.4. The van der Waals surface area contributed by atoms with Gasteiger partial charge in [0.2, 0.25) is 11.0 Å². The zero-order chi connectivity index (χ0) is 29.1. The minimum atomic E-state index is -0.647. The van der Waals surface area contributed by atoms with Crippen molar-refractivity contribution in [2.75, 3.05) is 30.2 Å². The van der Waals surface area contributed by atoms with Crippen LogP contribution in [0.25, 0.3) is 0 Å². The number of nitrogens with one attached hydrogen (secondary N) is 1. The second-order valence-electron chi connectivity index (χ2n) is 9.49. The van der Waals surface area contributed by atoms with Crippen LogP contribution < -0.4 is 25.4 Å². The van der Waals surface area contributed by atoms with Crippen LogP contribution in [-0.4, -0.2) is 41.9 Å². The monoisotopic (exact) mass is 588 g/mol. The lowest BCUT2D eigenvalue weighted by Gasteiger charge is -2.38. The molecule has 0 radical (unpaired) electrons. The third-order valence-corrected chi connectivity index (χ3v) is 8.91. The molecule has 12 heteroatoms. The predicted octanol–water partition coefficient (Wildman–Crippen LogP) is 4.90. The maximum atomic E-state index is 13.4. The molecule has 1 aliphatic heterocycles. The van der Waals surface area contributed by atoms with E-state index in [9.17, 15) is 14.9 Å². The quantitative estimate of drug-likeness (QED) is 0.349. The van der Waals surface area contributed by atoms with Crippen LogP contribution in [0.1, 0.15) is 36.3 Å². The lowest BCUT2D eigenvalue weighted by Crippen LogP contribution is -2.38. The number of methoxy groups -OCH3 is 2. The van der Waals surface area contributed by atoms with Gasteiger partial charge >= 0.3 is 0 Å². The summed E-state index contributed by atoms with van der Waals surface area (Å²) in [6.45, 7) is 1.96. The van der Waals surface area contributed by atoms with E-state index in [0.717, 1.165) is 11.3 Å². The summed E-state index contributed by atoms with van der Waals surface area (Å²) in [6, 6.07) is 15.2. The molecule has 1 amide bonds. The van der Waals surface area contributed by atoms with Gasteiger partial charge in [-0.15, -0.1) is 10.2 Å². The fraction of sp³-hybridized carbons (Fsp3) is 0.276. The number of aromatic nitrogens is 2. The third-order valence-electron chi connectivity index (χ3n) is 6.87. The molecule has 210 valence electrons. The van der Waals surface area contributed by atoms with Crippen molar-refractivity contribution in [3.8, 4) is 17.6 Å². The number of rotatable bonds is 8. The molecular formula is C29H28N6O4S2. The van der Waals surface area contributed by atoms with E-state index >= 15 is 0 Å². The molecule has 3 aromatic rings. The molecule has 0 saturated carbocycles. The molecule has 10 nitrogen and oxygen atoms in total. The average Bonchev–Trinajstić information content (AvgIpc) is 3.43. The van der Waals surface area contributed by atoms with Gasteiger partial charge in [-0.1, -0.05) is 41.3 Å². The third kappa shape index (κ3) is 5.64. The summed E-state index contributed by atoms with van der Waals surface area (Å²) in [4.78, 5) is 27.6. The number of Topliss-reactive ketones (excluding diaryl/α,β-unsaturated/α-hetero) is 1. The Balaban J connectivity index is 1.44. The molecule has 5 rings (SSSR count). The first-order valence-corrected chi connectivity index (χ1v) is 14.7. The molecular weight excluding hydrogens is 560 g/mol. The van der Waals surface area contributed by atoms with E-state index in [0.29, 0.717) is 57.1 Å². The summed E-state index contributed by atoms with van der Waals surface area (Å²) in [6.07, 6.45) is 1.62. The van der Waals surface area contributed by atoms with Crippen molar-refractivity contribution in [2.24, 2.45) is 5.73 Å². The molecule has 1 aliphatic carbocycles. The SMILES string of the molecule is COc1ccc(C2C(C#N)=C(N)N(c3nnc(SCC(=O)Nc4cccc(C)c4)s3)C3=C2C(=O)CCC3)cc1OC. The van der Waals surface area contributed by atoms with Crippen LogP contribution in [0.15, 0.2) is 69.5 Å². The van der Waals surface area contributed by atoms with E-state index in [1.807, 2.05) is 37.3 Å². The van der Waals surface area contributed by atoms with E-state index < -0.39 is 5.92 Å². The number of hydrogen-bond donors (Lipinski definition) is 2. The first-order valence-electron chi connectivity index (χ1n) is 12.9. The Morgan fingerprint density at radius 3 is 2.73 bits per heavy atom. The summed E-state index contributed by atoms with van der Waals surface area (Å²) in [5.74, 6) is 0.526. The van der Waals surface area contributed by atoms with Crippen LogP contribution in [0.5, 0.6) is 11.5 Å². The molecule has 2 aliphatic rings. The predicted molar refractivity (Wildman–Crippen MR) is 158 cm³/mol. The lowest BCUT2D eigenvalue weighted by molar-refractivity contribution is -0.116. The molecule has 2 aromatic carbocycles. The largest absolute Gasteiger partial charge is 0.493 e. The van der Waals surface area contributed by atoms with Gasteiger partial charge in [0.1, 0.15) is 5.82 Å². The first kappa shape index (κ1) is 28.2. The van der Waals surface area contributed by atoms with Gasteiger partial charge in [0, 0.05) is 23.4 Å². The molecule has 2 heterocycles. The van der Waals surface area contributed by atoms with Crippen LogP contribution in [-0.2, 0) is 9.59 Å². The zero-order valence-electron chi connectivity index (χ0n) is 22.8. The van der Waals surface area contributed by atoms with Crippen LogP contribution >= 0.6 is 23.1 Å². The molecule has 1 unspecified atom stereocenters. The number of hydrogen-bond acceptors (Lipinski definition) is 11. The molecule has 0 fully saturated rings. The Hall–Kier alpha value is -4.34. The smallest absolute Gasteiger partial charge is 0.234 e. The van der Waals surface area contributed by atoms with E-state index in [2.05, 4.69) is 21.6 Å². The number of nitrogens with zero attached hydrogens (tertiary/aromatic N) is 4. The maximum absolute atomic E-state index is 13.4. The molecule has 1 atom stereocenters. The van der Waals surface area contributed by atoms with Crippen molar-refractivity contribution in [3.05, 3.63) is 76.3 Å². The second-order valence-corrected chi connectivity index (χ2v) is 11.7. The van der Waals surface area contributed by atoms with Crippen LogP contribution in [0.4, 0.5) is 10.8 Å². The van der Waals surface area contributed by atoms with E-state index in [-0.39, 0.29) is 28.8 Å².